The van der Waals surface area contributed by atoms with E-state index in [0.717, 1.165) is 15.3 Å². The molecule has 1 aromatic carbocycles. The number of aromatic amines is 1. The van der Waals surface area contributed by atoms with E-state index in [1.54, 1.807) is 24.0 Å². The van der Waals surface area contributed by atoms with Crippen LogP contribution in [0.2, 0.25) is 0 Å². The normalized spacial score (nSPS) is 15.2. The Bertz CT molecular complexity index is 1150. The quantitative estimate of drug-likeness (QED) is 0.715. The second kappa shape index (κ2) is 7.68. The Morgan fingerprint density at radius 3 is 2.62 bits per heavy atom. The predicted octanol–water partition coefficient (Wildman–Crippen LogP) is 3.01. The van der Waals surface area contributed by atoms with E-state index in [4.69, 9.17) is 0 Å². The zero-order valence-electron chi connectivity index (χ0n) is 16.7. The van der Waals surface area contributed by atoms with Gasteiger partial charge in [-0.15, -0.1) is 11.3 Å². The number of aromatic nitrogens is 2. The Morgan fingerprint density at radius 2 is 1.93 bits per heavy atom. The molecule has 0 radical (unpaired) electrons. The average molecular weight is 415 g/mol. The van der Waals surface area contributed by atoms with Crippen LogP contribution in [-0.4, -0.2) is 51.9 Å². The summed E-state index contributed by atoms with van der Waals surface area (Å²) in [6.07, 6.45) is 0. The van der Waals surface area contributed by atoms with Gasteiger partial charge in [0.2, 0.25) is 0 Å². The van der Waals surface area contributed by atoms with Crippen LogP contribution in [0.4, 0.5) is 4.39 Å². The molecule has 0 saturated carbocycles. The van der Waals surface area contributed by atoms with Gasteiger partial charge in [-0.3, -0.25) is 14.5 Å². The van der Waals surface area contributed by atoms with Crippen LogP contribution >= 0.6 is 11.3 Å². The highest BCUT2D eigenvalue weighted by atomic mass is 32.1. The first-order valence-corrected chi connectivity index (χ1v) is 10.4. The van der Waals surface area contributed by atoms with Crippen molar-refractivity contribution in [2.45, 2.75) is 27.3 Å². The van der Waals surface area contributed by atoms with E-state index in [9.17, 15) is 14.0 Å². The molecule has 0 bridgehead atoms. The van der Waals surface area contributed by atoms with Gasteiger partial charge in [-0.05, 0) is 44.0 Å². The van der Waals surface area contributed by atoms with Gasteiger partial charge in [0, 0.05) is 36.6 Å². The van der Waals surface area contributed by atoms with Crippen molar-refractivity contribution in [3.8, 4) is 0 Å². The van der Waals surface area contributed by atoms with Crippen LogP contribution in [0.5, 0.6) is 0 Å². The Balaban J connectivity index is 1.42. The van der Waals surface area contributed by atoms with E-state index < -0.39 is 0 Å². The molecule has 3 aromatic rings. The van der Waals surface area contributed by atoms with Crippen molar-refractivity contribution in [2.75, 3.05) is 26.2 Å². The van der Waals surface area contributed by atoms with E-state index >= 15 is 0 Å². The first-order chi connectivity index (χ1) is 13.8. The molecule has 1 fully saturated rings. The summed E-state index contributed by atoms with van der Waals surface area (Å²) < 4.78 is 13.8. The molecule has 0 spiro atoms. The Hall–Kier alpha value is -2.58. The summed E-state index contributed by atoms with van der Waals surface area (Å²) in [5.74, 6) is 0.129. The van der Waals surface area contributed by atoms with Crippen LogP contribution in [0.25, 0.3) is 10.2 Å². The number of carbonyl (C=O) groups is 1. The number of piperazine rings is 1. The minimum Gasteiger partial charge on any atom is -0.336 e. The summed E-state index contributed by atoms with van der Waals surface area (Å²) in [4.78, 5) is 38.4. The van der Waals surface area contributed by atoms with Crippen LogP contribution in [0.1, 0.15) is 32.2 Å². The number of hydrogen-bond acceptors (Lipinski definition) is 5. The largest absolute Gasteiger partial charge is 0.336 e. The molecule has 4 rings (SSSR count). The molecule has 6 nitrogen and oxygen atoms in total. The monoisotopic (exact) mass is 414 g/mol. The highest BCUT2D eigenvalue weighted by Crippen LogP contribution is 2.25. The Morgan fingerprint density at radius 1 is 1.21 bits per heavy atom. The number of benzene rings is 1. The van der Waals surface area contributed by atoms with Gasteiger partial charge in [0.15, 0.2) is 0 Å². The van der Waals surface area contributed by atoms with Gasteiger partial charge in [0.05, 0.1) is 11.9 Å². The number of H-pyrrole nitrogens is 1. The Kier molecular flexibility index (Phi) is 5.23. The van der Waals surface area contributed by atoms with E-state index in [2.05, 4.69) is 14.9 Å². The summed E-state index contributed by atoms with van der Waals surface area (Å²) >= 11 is 1.54. The summed E-state index contributed by atoms with van der Waals surface area (Å²) in [7, 11) is 0. The molecule has 0 aliphatic carbocycles. The van der Waals surface area contributed by atoms with Crippen molar-refractivity contribution in [1.82, 2.24) is 19.8 Å². The number of hydrogen-bond donors (Lipinski definition) is 1. The maximum Gasteiger partial charge on any atom is 0.259 e. The van der Waals surface area contributed by atoms with Crippen molar-refractivity contribution >= 4 is 27.5 Å². The topological polar surface area (TPSA) is 69.3 Å². The van der Waals surface area contributed by atoms with E-state index in [-0.39, 0.29) is 17.3 Å². The van der Waals surface area contributed by atoms with Gasteiger partial charge in [-0.2, -0.15) is 0 Å². The summed E-state index contributed by atoms with van der Waals surface area (Å²) in [5, 5.41) is 0.678. The number of fused-ring (bicyclic) bond motifs is 1. The van der Waals surface area contributed by atoms with Crippen molar-refractivity contribution in [2.24, 2.45) is 0 Å². The number of aryl methyl sites for hydroxylation is 3. The maximum absolute atomic E-state index is 13.8. The van der Waals surface area contributed by atoms with Crippen LogP contribution in [-0.2, 0) is 6.54 Å². The number of thiophene rings is 1. The fourth-order valence-electron chi connectivity index (χ4n) is 3.60. The second-order valence-corrected chi connectivity index (χ2v) is 8.71. The molecular weight excluding hydrogens is 391 g/mol. The third-order valence-electron chi connectivity index (χ3n) is 5.54. The molecule has 29 heavy (non-hydrogen) atoms. The van der Waals surface area contributed by atoms with Gasteiger partial charge in [0.25, 0.3) is 11.5 Å². The Labute approximate surface area is 172 Å². The van der Waals surface area contributed by atoms with Crippen molar-refractivity contribution < 1.29 is 9.18 Å². The van der Waals surface area contributed by atoms with Gasteiger partial charge in [-0.25, -0.2) is 9.37 Å². The van der Waals surface area contributed by atoms with Gasteiger partial charge < -0.3 is 9.88 Å². The molecule has 3 heterocycles. The van der Waals surface area contributed by atoms with Gasteiger partial charge in [0.1, 0.15) is 16.5 Å². The molecule has 1 aliphatic heterocycles. The lowest BCUT2D eigenvalue weighted by Crippen LogP contribution is -2.48. The molecule has 0 unspecified atom stereocenters. The fraction of sp³-hybridized carbons (Fsp3) is 0.381. The average Bonchev–Trinajstić information content (AvgIpc) is 2.98. The number of nitrogens with zero attached hydrogens (tertiary/aromatic N) is 3. The zero-order chi connectivity index (χ0) is 20.7. The van der Waals surface area contributed by atoms with Crippen LogP contribution < -0.4 is 5.56 Å². The molecule has 1 amide bonds. The third kappa shape index (κ3) is 3.82. The summed E-state index contributed by atoms with van der Waals surface area (Å²) in [6, 6.07) is 4.60. The molecule has 152 valence electrons. The number of nitrogens with one attached hydrogen (secondary N) is 1. The molecule has 8 heteroatoms. The highest BCUT2D eigenvalue weighted by molar-refractivity contribution is 7.18. The summed E-state index contributed by atoms with van der Waals surface area (Å²) in [6.45, 7) is 8.60. The minimum absolute atomic E-state index is 0.0953. The first kappa shape index (κ1) is 19.7. The minimum atomic E-state index is -0.362. The standard InChI is InChI=1S/C21H23FN4O2S/c1-12-4-5-15(10-16(12)22)21(28)26-8-6-25(7-9-26)11-17-23-19(27)18-13(2)14(3)29-20(18)24-17/h4-5,10H,6-9,11H2,1-3H3,(H,23,24,27). The molecule has 1 aliphatic rings. The lowest BCUT2D eigenvalue weighted by atomic mass is 10.1. The van der Waals surface area contributed by atoms with Crippen molar-refractivity contribution in [3.05, 3.63) is 61.8 Å². The molecule has 2 aromatic heterocycles. The number of amides is 1. The number of carbonyl (C=O) groups excluding carboxylic acids is 1. The van der Waals surface area contributed by atoms with E-state index in [1.165, 1.54) is 17.4 Å². The second-order valence-electron chi connectivity index (χ2n) is 7.51. The lowest BCUT2D eigenvalue weighted by Gasteiger charge is -2.34. The molecular formula is C21H23FN4O2S. The molecule has 0 atom stereocenters. The van der Waals surface area contributed by atoms with Crippen molar-refractivity contribution in [3.63, 3.8) is 0 Å². The van der Waals surface area contributed by atoms with E-state index in [1.807, 2.05) is 13.8 Å². The van der Waals surface area contributed by atoms with Crippen LogP contribution in [0.3, 0.4) is 0 Å². The SMILES string of the molecule is Cc1ccc(C(=O)N2CCN(Cc3nc4sc(C)c(C)c4c(=O)[nH]3)CC2)cc1F. The van der Waals surface area contributed by atoms with Crippen LogP contribution in [0.15, 0.2) is 23.0 Å². The molecule has 1 saturated heterocycles. The highest BCUT2D eigenvalue weighted by Gasteiger charge is 2.23. The zero-order valence-corrected chi connectivity index (χ0v) is 17.5. The smallest absolute Gasteiger partial charge is 0.259 e. The van der Waals surface area contributed by atoms with Gasteiger partial charge >= 0.3 is 0 Å². The number of halogens is 1. The third-order valence-corrected chi connectivity index (χ3v) is 6.64. The van der Waals surface area contributed by atoms with Gasteiger partial charge in [-0.1, -0.05) is 6.07 Å². The predicted molar refractivity (Wildman–Crippen MR) is 112 cm³/mol. The summed E-state index contributed by atoms with van der Waals surface area (Å²) in [5.41, 5.74) is 1.80. The van der Waals surface area contributed by atoms with Crippen LogP contribution in [0, 0.1) is 26.6 Å². The maximum atomic E-state index is 13.8. The fourth-order valence-corrected chi connectivity index (χ4v) is 4.65. The first-order valence-electron chi connectivity index (χ1n) is 9.60. The van der Waals surface area contributed by atoms with Crippen molar-refractivity contribution in [1.29, 1.82) is 0 Å². The molecule has 1 N–H and O–H groups in total. The lowest BCUT2D eigenvalue weighted by molar-refractivity contribution is 0.0625. The number of rotatable bonds is 3. The van der Waals surface area contributed by atoms with E-state index in [0.29, 0.717) is 55.1 Å².